The van der Waals surface area contributed by atoms with Gasteiger partial charge in [-0.25, -0.2) is 9.97 Å². The van der Waals surface area contributed by atoms with Crippen LogP contribution in [0.15, 0.2) is 134 Å². The van der Waals surface area contributed by atoms with Crippen molar-refractivity contribution in [2.45, 2.75) is 25.9 Å². The maximum atomic E-state index is 13.0. The number of carbonyl (C=O) groups is 6. The van der Waals surface area contributed by atoms with Crippen LogP contribution in [0.3, 0.4) is 0 Å². The number of nitrogens with zero attached hydrogens (tertiary/aromatic N) is 8. The molecule has 0 bridgehead atoms. The fourth-order valence-corrected chi connectivity index (χ4v) is 7.68. The number of benzene rings is 4. The van der Waals surface area contributed by atoms with Gasteiger partial charge in [0.15, 0.2) is 11.6 Å². The molecule has 336 valence electrons. The number of piperazine rings is 2. The van der Waals surface area contributed by atoms with E-state index in [4.69, 9.17) is 9.47 Å². The SMILES string of the molecule is COc1cc(OC)nc(-c2ccc(C(=O)C(=O)N3CCN(C(=O)c4ccccc4)C[C@H]3C)cc2)n1.C[C@@H]1CN(C(=O)c2ccccc2)CCN1C(=O)C(=O)c1cccc(-c2ncccn2)c1. The van der Waals surface area contributed by atoms with Crippen LogP contribution in [0, 0.1) is 0 Å². The lowest BCUT2D eigenvalue weighted by molar-refractivity contribution is -0.130. The fraction of sp³-hybridized carbons (Fsp3) is 0.240. The summed E-state index contributed by atoms with van der Waals surface area (Å²) in [6, 6.07) is 34.1. The Balaban J connectivity index is 0.000000198. The Morgan fingerprint density at radius 3 is 1.42 bits per heavy atom. The van der Waals surface area contributed by atoms with E-state index in [9.17, 15) is 28.8 Å². The molecule has 2 aromatic heterocycles. The zero-order valence-corrected chi connectivity index (χ0v) is 36.9. The molecule has 2 fully saturated rings. The van der Waals surface area contributed by atoms with Crippen molar-refractivity contribution >= 4 is 35.2 Å². The molecule has 6 aromatic rings. The molecule has 0 N–H and O–H groups in total. The van der Waals surface area contributed by atoms with E-state index in [1.165, 1.54) is 19.1 Å². The molecule has 66 heavy (non-hydrogen) atoms. The summed E-state index contributed by atoms with van der Waals surface area (Å²) in [6.07, 6.45) is 3.25. The molecule has 0 radical (unpaired) electrons. The van der Waals surface area contributed by atoms with Crippen LogP contribution in [0.5, 0.6) is 11.8 Å². The predicted octanol–water partition coefficient (Wildman–Crippen LogP) is 5.42. The molecule has 2 atom stereocenters. The average Bonchev–Trinajstić information content (AvgIpc) is 3.38. The minimum absolute atomic E-state index is 0.0681. The van der Waals surface area contributed by atoms with E-state index < -0.39 is 23.4 Å². The number of amides is 4. The van der Waals surface area contributed by atoms with Gasteiger partial charge >= 0.3 is 0 Å². The van der Waals surface area contributed by atoms with E-state index in [-0.39, 0.29) is 29.5 Å². The van der Waals surface area contributed by atoms with Crippen molar-refractivity contribution in [1.82, 2.24) is 39.5 Å². The average molecular weight is 889 g/mol. The van der Waals surface area contributed by atoms with Crippen molar-refractivity contribution in [1.29, 1.82) is 0 Å². The Kier molecular flexibility index (Phi) is 14.6. The molecule has 2 aliphatic heterocycles. The highest BCUT2D eigenvalue weighted by atomic mass is 16.5. The lowest BCUT2D eigenvalue weighted by Gasteiger charge is -2.39. The molecule has 0 saturated carbocycles. The van der Waals surface area contributed by atoms with E-state index in [0.717, 1.165) is 0 Å². The summed E-state index contributed by atoms with van der Waals surface area (Å²) in [7, 11) is 2.99. The molecule has 0 unspecified atom stereocenters. The summed E-state index contributed by atoms with van der Waals surface area (Å²) >= 11 is 0. The standard InChI is InChI=1S/C26H26N4O5.C24H22N4O3/c1-17-16-29(25(32)20-7-5-4-6-8-20)13-14-30(17)26(33)23(31)18-9-11-19(12-10-18)24-27-21(34-2)15-22(28-24)35-3;1-17-16-27(23(30)18-7-3-2-4-8-18)13-14-28(17)24(31)21(29)19-9-5-10-20(15-19)22-25-11-6-12-26-22/h4-12,15,17H,13-14,16H2,1-3H3;2-12,15,17H,13-14,16H2,1H3/t2*17-/m11/s1. The van der Waals surface area contributed by atoms with Gasteiger partial charge in [0, 0.05) is 97.1 Å². The number of rotatable bonds is 10. The normalized spacial score (nSPS) is 15.8. The van der Waals surface area contributed by atoms with Gasteiger partial charge in [0.2, 0.25) is 23.3 Å². The largest absolute Gasteiger partial charge is 0.481 e. The van der Waals surface area contributed by atoms with E-state index in [1.54, 1.807) is 112 Å². The fourth-order valence-electron chi connectivity index (χ4n) is 7.68. The van der Waals surface area contributed by atoms with E-state index in [0.29, 0.717) is 90.5 Å². The van der Waals surface area contributed by atoms with Crippen molar-refractivity contribution in [2.75, 3.05) is 53.5 Å². The third kappa shape index (κ3) is 10.6. The number of hydrogen-bond acceptors (Lipinski definition) is 12. The molecule has 0 spiro atoms. The number of ether oxygens (including phenoxy) is 2. The highest BCUT2D eigenvalue weighted by molar-refractivity contribution is 6.43. The Hall–Kier alpha value is -8.14. The maximum Gasteiger partial charge on any atom is 0.295 e. The van der Waals surface area contributed by atoms with Crippen molar-refractivity contribution < 1.29 is 38.2 Å². The molecule has 8 rings (SSSR count). The molecule has 0 aliphatic carbocycles. The number of aromatic nitrogens is 4. The van der Waals surface area contributed by atoms with Crippen LogP contribution in [-0.4, -0.2) is 140 Å². The van der Waals surface area contributed by atoms with E-state index >= 15 is 0 Å². The molecule has 16 heteroatoms. The van der Waals surface area contributed by atoms with Crippen LogP contribution >= 0.6 is 0 Å². The summed E-state index contributed by atoms with van der Waals surface area (Å²) in [6.45, 7) is 5.78. The smallest absolute Gasteiger partial charge is 0.295 e. The van der Waals surface area contributed by atoms with Crippen molar-refractivity contribution in [3.63, 3.8) is 0 Å². The highest BCUT2D eigenvalue weighted by Crippen LogP contribution is 2.24. The van der Waals surface area contributed by atoms with Crippen LogP contribution in [-0.2, 0) is 9.59 Å². The molecular formula is C50H48N8O8. The lowest BCUT2D eigenvalue weighted by Crippen LogP contribution is -2.56. The molecule has 16 nitrogen and oxygen atoms in total. The summed E-state index contributed by atoms with van der Waals surface area (Å²) < 4.78 is 10.4. The van der Waals surface area contributed by atoms with Gasteiger partial charge in [-0.2, -0.15) is 9.97 Å². The van der Waals surface area contributed by atoms with Gasteiger partial charge in [-0.3, -0.25) is 28.8 Å². The van der Waals surface area contributed by atoms with Gasteiger partial charge in [0.25, 0.3) is 23.6 Å². The summed E-state index contributed by atoms with van der Waals surface area (Å²) in [4.78, 5) is 101. The Labute approximate surface area is 381 Å². The van der Waals surface area contributed by atoms with Gasteiger partial charge in [0.1, 0.15) is 0 Å². The number of methoxy groups -OCH3 is 2. The molecule has 4 heterocycles. The van der Waals surface area contributed by atoms with Gasteiger partial charge < -0.3 is 29.1 Å². The quantitative estimate of drug-likeness (QED) is 0.126. The second kappa shape index (κ2) is 21.0. The topological polar surface area (TPSA) is 185 Å². The second-order valence-electron chi connectivity index (χ2n) is 15.6. The van der Waals surface area contributed by atoms with Gasteiger partial charge in [0.05, 0.1) is 20.3 Å². The zero-order valence-electron chi connectivity index (χ0n) is 36.9. The summed E-state index contributed by atoms with van der Waals surface area (Å²) in [5.41, 5.74) is 3.10. The zero-order chi connectivity index (χ0) is 46.7. The van der Waals surface area contributed by atoms with Gasteiger partial charge in [-0.05, 0) is 50.2 Å². The number of carbonyl (C=O) groups excluding carboxylic acids is 6. The maximum absolute atomic E-state index is 13.0. The minimum atomic E-state index is -0.602. The van der Waals surface area contributed by atoms with E-state index in [2.05, 4.69) is 19.9 Å². The summed E-state index contributed by atoms with van der Waals surface area (Å²) in [5.74, 6) is -0.915. The van der Waals surface area contributed by atoms with Crippen molar-refractivity contribution in [3.8, 4) is 34.5 Å². The molecule has 4 amide bonds. The second-order valence-corrected chi connectivity index (χ2v) is 15.6. The Morgan fingerprint density at radius 1 is 0.485 bits per heavy atom. The number of Topliss-reactive ketones (excluding diaryl/α,β-unsaturated/α-hetero) is 2. The number of ketones is 2. The van der Waals surface area contributed by atoms with Gasteiger partial charge in [-0.15, -0.1) is 0 Å². The minimum Gasteiger partial charge on any atom is -0.481 e. The monoisotopic (exact) mass is 888 g/mol. The first-order valence-corrected chi connectivity index (χ1v) is 21.3. The van der Waals surface area contributed by atoms with Crippen LogP contribution < -0.4 is 9.47 Å². The highest BCUT2D eigenvalue weighted by Gasteiger charge is 2.35. The molecular weight excluding hydrogens is 841 g/mol. The molecule has 4 aromatic carbocycles. The first kappa shape index (κ1) is 45.9. The van der Waals surface area contributed by atoms with Crippen LogP contribution in [0.2, 0.25) is 0 Å². The third-order valence-electron chi connectivity index (χ3n) is 11.2. The Morgan fingerprint density at radius 2 is 0.955 bits per heavy atom. The predicted molar refractivity (Wildman–Crippen MR) is 244 cm³/mol. The first-order chi connectivity index (χ1) is 31.9. The summed E-state index contributed by atoms with van der Waals surface area (Å²) in [5, 5.41) is 0. The Bertz CT molecular complexity index is 2680. The van der Waals surface area contributed by atoms with Crippen molar-refractivity contribution in [2.24, 2.45) is 0 Å². The molecule has 2 saturated heterocycles. The third-order valence-corrected chi connectivity index (χ3v) is 11.2. The van der Waals surface area contributed by atoms with Gasteiger partial charge in [-0.1, -0.05) is 78.9 Å². The van der Waals surface area contributed by atoms with Crippen LogP contribution in [0.25, 0.3) is 22.8 Å². The number of hydrogen-bond donors (Lipinski definition) is 0. The van der Waals surface area contributed by atoms with E-state index in [1.807, 2.05) is 50.2 Å². The molecule has 2 aliphatic rings. The van der Waals surface area contributed by atoms with Crippen molar-refractivity contribution in [3.05, 3.63) is 156 Å². The van der Waals surface area contributed by atoms with Crippen LogP contribution in [0.1, 0.15) is 55.3 Å². The first-order valence-electron chi connectivity index (χ1n) is 21.3. The van der Waals surface area contributed by atoms with Crippen LogP contribution in [0.4, 0.5) is 0 Å². The lowest BCUT2D eigenvalue weighted by atomic mass is 10.0.